The zero-order valence-electron chi connectivity index (χ0n) is 14.0. The molecule has 2 aromatic rings. The van der Waals surface area contributed by atoms with Crippen LogP contribution in [-0.2, 0) is 6.54 Å². The topological polar surface area (TPSA) is 38.8 Å². The second kappa shape index (κ2) is 8.02. The molecular formula is C18H23NO3S. The van der Waals surface area contributed by atoms with Crippen LogP contribution in [0.25, 0.3) is 0 Å². The van der Waals surface area contributed by atoms with Gasteiger partial charge in [0.05, 0.1) is 19.8 Å². The van der Waals surface area contributed by atoms with Crippen molar-refractivity contribution < 1.29 is 14.3 Å². The Kier molecular flexibility index (Phi) is 6.04. The first-order valence-electron chi connectivity index (χ1n) is 7.71. The van der Waals surface area contributed by atoms with E-state index in [1.807, 2.05) is 43.2 Å². The van der Waals surface area contributed by atoms with Gasteiger partial charge < -0.3 is 14.4 Å². The third-order valence-electron chi connectivity index (χ3n) is 3.37. The summed E-state index contributed by atoms with van der Waals surface area (Å²) in [5.41, 5.74) is 0.608. The molecule has 4 nitrogen and oxygen atoms in total. The molecule has 0 unspecified atom stereocenters. The van der Waals surface area contributed by atoms with E-state index in [1.165, 1.54) is 4.88 Å². The van der Waals surface area contributed by atoms with Crippen molar-refractivity contribution in [2.24, 2.45) is 0 Å². The molecule has 23 heavy (non-hydrogen) atoms. The first-order valence-corrected chi connectivity index (χ1v) is 8.59. The second-order valence-corrected chi connectivity index (χ2v) is 6.46. The minimum Gasteiger partial charge on any atom is -0.493 e. The molecular weight excluding hydrogens is 310 g/mol. The summed E-state index contributed by atoms with van der Waals surface area (Å²) in [6, 6.07) is 9.38. The number of benzene rings is 1. The van der Waals surface area contributed by atoms with Gasteiger partial charge in [-0.25, -0.2) is 0 Å². The summed E-state index contributed by atoms with van der Waals surface area (Å²) in [4.78, 5) is 15.7. The van der Waals surface area contributed by atoms with Crippen LogP contribution in [0.15, 0.2) is 35.7 Å². The molecule has 0 atom stereocenters. The van der Waals surface area contributed by atoms with Crippen LogP contribution in [0.2, 0.25) is 0 Å². The quantitative estimate of drug-likeness (QED) is 0.762. The van der Waals surface area contributed by atoms with Gasteiger partial charge in [0, 0.05) is 17.0 Å². The van der Waals surface area contributed by atoms with Crippen LogP contribution < -0.4 is 9.47 Å². The lowest BCUT2D eigenvalue weighted by molar-refractivity contribution is 0.0753. The molecule has 0 radical (unpaired) electrons. The summed E-state index contributed by atoms with van der Waals surface area (Å²) in [6.07, 6.45) is 0.0522. The summed E-state index contributed by atoms with van der Waals surface area (Å²) < 4.78 is 11.1. The molecule has 0 aliphatic heterocycles. The lowest BCUT2D eigenvalue weighted by Gasteiger charge is -2.21. The van der Waals surface area contributed by atoms with Crippen LogP contribution in [0, 0.1) is 0 Å². The van der Waals surface area contributed by atoms with Gasteiger partial charge in [-0.05, 0) is 50.4 Å². The van der Waals surface area contributed by atoms with Gasteiger partial charge in [-0.3, -0.25) is 4.79 Å². The Bertz CT molecular complexity index is 638. The highest BCUT2D eigenvalue weighted by atomic mass is 32.1. The molecule has 0 aliphatic rings. The predicted molar refractivity (Wildman–Crippen MR) is 93.5 cm³/mol. The molecule has 1 amide bonds. The third-order valence-corrected chi connectivity index (χ3v) is 4.23. The van der Waals surface area contributed by atoms with Crippen LogP contribution in [-0.4, -0.2) is 30.6 Å². The lowest BCUT2D eigenvalue weighted by Crippen LogP contribution is -2.30. The first kappa shape index (κ1) is 17.3. The maximum atomic E-state index is 12.7. The molecule has 124 valence electrons. The smallest absolute Gasteiger partial charge is 0.254 e. The van der Waals surface area contributed by atoms with Crippen molar-refractivity contribution in [1.29, 1.82) is 0 Å². The average molecular weight is 333 g/mol. The van der Waals surface area contributed by atoms with E-state index in [0.717, 1.165) is 0 Å². The molecule has 0 N–H and O–H groups in total. The van der Waals surface area contributed by atoms with E-state index >= 15 is 0 Å². The Hall–Kier alpha value is -2.01. The van der Waals surface area contributed by atoms with Crippen LogP contribution in [0.3, 0.4) is 0 Å². The molecule has 0 spiro atoms. The van der Waals surface area contributed by atoms with Crippen molar-refractivity contribution in [3.63, 3.8) is 0 Å². The van der Waals surface area contributed by atoms with E-state index in [9.17, 15) is 4.79 Å². The summed E-state index contributed by atoms with van der Waals surface area (Å²) in [6.45, 7) is 7.18. The number of nitrogens with zero attached hydrogens (tertiary/aromatic N) is 1. The van der Waals surface area contributed by atoms with Crippen molar-refractivity contribution in [3.05, 3.63) is 46.2 Å². The number of hydrogen-bond donors (Lipinski definition) is 0. The van der Waals surface area contributed by atoms with E-state index < -0.39 is 0 Å². The fraction of sp³-hybridized carbons (Fsp3) is 0.389. The molecule has 1 aromatic carbocycles. The number of hydrogen-bond acceptors (Lipinski definition) is 4. The maximum Gasteiger partial charge on any atom is 0.254 e. The molecule has 5 heteroatoms. The van der Waals surface area contributed by atoms with Crippen LogP contribution in [0.1, 0.15) is 36.0 Å². The number of amides is 1. The minimum absolute atomic E-state index is 0.00435. The van der Waals surface area contributed by atoms with E-state index in [2.05, 4.69) is 0 Å². The fourth-order valence-corrected chi connectivity index (χ4v) is 2.97. The number of carbonyl (C=O) groups is 1. The number of carbonyl (C=O) groups excluding carboxylic acids is 1. The number of ether oxygens (including phenoxy) is 2. The van der Waals surface area contributed by atoms with Crippen molar-refractivity contribution in [3.8, 4) is 11.5 Å². The Morgan fingerprint density at radius 3 is 2.61 bits per heavy atom. The average Bonchev–Trinajstić information content (AvgIpc) is 3.05. The van der Waals surface area contributed by atoms with Crippen molar-refractivity contribution in [1.82, 2.24) is 4.90 Å². The molecule has 0 saturated heterocycles. The predicted octanol–water partition coefficient (Wildman–Crippen LogP) is 4.21. The number of methoxy groups -OCH3 is 1. The van der Waals surface area contributed by atoms with Gasteiger partial charge in [-0.1, -0.05) is 6.07 Å². The van der Waals surface area contributed by atoms with Gasteiger partial charge >= 0.3 is 0 Å². The summed E-state index contributed by atoms with van der Waals surface area (Å²) in [5, 5.41) is 2.02. The highest BCUT2D eigenvalue weighted by Crippen LogP contribution is 2.29. The normalized spacial score (nSPS) is 10.7. The molecule has 0 bridgehead atoms. The Morgan fingerprint density at radius 1 is 1.26 bits per heavy atom. The highest BCUT2D eigenvalue weighted by molar-refractivity contribution is 7.09. The second-order valence-electron chi connectivity index (χ2n) is 5.43. The standard InChI is InChI=1S/C18H23NO3S/c1-5-19(12-15-7-6-10-23-15)18(20)14-8-9-16(22-13(2)3)17(11-14)21-4/h6-11,13H,5,12H2,1-4H3. The molecule has 0 saturated carbocycles. The summed E-state index contributed by atoms with van der Waals surface area (Å²) in [5.74, 6) is 1.23. The summed E-state index contributed by atoms with van der Waals surface area (Å²) >= 11 is 1.66. The number of thiophene rings is 1. The van der Waals surface area contributed by atoms with Gasteiger partial charge in [0.2, 0.25) is 0 Å². The van der Waals surface area contributed by atoms with Gasteiger partial charge in [0.15, 0.2) is 11.5 Å². The van der Waals surface area contributed by atoms with Gasteiger partial charge in [0.1, 0.15) is 0 Å². The van der Waals surface area contributed by atoms with Crippen molar-refractivity contribution >= 4 is 17.2 Å². The lowest BCUT2D eigenvalue weighted by atomic mass is 10.1. The third kappa shape index (κ3) is 4.48. The van der Waals surface area contributed by atoms with Gasteiger partial charge in [0.25, 0.3) is 5.91 Å². The SMILES string of the molecule is CCN(Cc1cccs1)C(=O)c1ccc(OC(C)C)c(OC)c1. The van der Waals surface area contributed by atoms with Crippen LogP contribution >= 0.6 is 11.3 Å². The van der Waals surface area contributed by atoms with Crippen LogP contribution in [0.5, 0.6) is 11.5 Å². The zero-order valence-corrected chi connectivity index (χ0v) is 14.9. The Balaban J connectivity index is 2.20. The van der Waals surface area contributed by atoms with E-state index in [0.29, 0.717) is 30.2 Å². The molecule has 0 aliphatic carbocycles. The highest BCUT2D eigenvalue weighted by Gasteiger charge is 2.17. The Morgan fingerprint density at radius 2 is 2.04 bits per heavy atom. The monoisotopic (exact) mass is 333 g/mol. The molecule has 1 heterocycles. The molecule has 2 rings (SSSR count). The molecule has 0 fully saturated rings. The number of rotatable bonds is 7. The maximum absolute atomic E-state index is 12.7. The first-order chi connectivity index (χ1) is 11.0. The van der Waals surface area contributed by atoms with Crippen molar-refractivity contribution in [2.75, 3.05) is 13.7 Å². The van der Waals surface area contributed by atoms with E-state index in [4.69, 9.17) is 9.47 Å². The van der Waals surface area contributed by atoms with Gasteiger partial charge in [-0.2, -0.15) is 0 Å². The largest absolute Gasteiger partial charge is 0.493 e. The zero-order chi connectivity index (χ0) is 16.8. The van der Waals surface area contributed by atoms with Gasteiger partial charge in [-0.15, -0.1) is 11.3 Å². The van der Waals surface area contributed by atoms with Crippen molar-refractivity contribution in [2.45, 2.75) is 33.4 Å². The molecule has 1 aromatic heterocycles. The van der Waals surface area contributed by atoms with E-state index in [-0.39, 0.29) is 12.0 Å². The fourth-order valence-electron chi connectivity index (χ4n) is 2.25. The Labute approximate surface area is 141 Å². The van der Waals surface area contributed by atoms with Crippen LogP contribution in [0.4, 0.5) is 0 Å². The minimum atomic E-state index is -0.00435. The summed E-state index contributed by atoms with van der Waals surface area (Å²) in [7, 11) is 1.58. The van der Waals surface area contributed by atoms with E-state index in [1.54, 1.807) is 36.6 Å².